The van der Waals surface area contributed by atoms with E-state index in [-0.39, 0.29) is 24.0 Å². The van der Waals surface area contributed by atoms with E-state index in [1.807, 2.05) is 30.3 Å². The SMILES string of the molecule is CN=C(NCCCc1ccc(O)cc1)NCCOCc1ccccc1.I. The Labute approximate surface area is 172 Å². The van der Waals surface area contributed by atoms with Crippen molar-refractivity contribution in [2.75, 3.05) is 26.7 Å². The molecule has 26 heavy (non-hydrogen) atoms. The third kappa shape index (κ3) is 9.05. The molecule has 0 aliphatic heterocycles. The number of nitrogens with zero attached hydrogens (tertiary/aromatic N) is 1. The molecule has 0 aliphatic carbocycles. The first-order chi connectivity index (χ1) is 12.3. The Bertz CT molecular complexity index is 633. The van der Waals surface area contributed by atoms with Crippen molar-refractivity contribution in [3.63, 3.8) is 0 Å². The molecule has 0 saturated carbocycles. The Kier molecular flexibility index (Phi) is 11.5. The average Bonchev–Trinajstić information content (AvgIpc) is 2.65. The van der Waals surface area contributed by atoms with Crippen LogP contribution in [-0.2, 0) is 17.8 Å². The van der Waals surface area contributed by atoms with Gasteiger partial charge in [-0.3, -0.25) is 4.99 Å². The number of aliphatic imine (C=N–C) groups is 1. The molecule has 0 radical (unpaired) electrons. The number of hydrogen-bond acceptors (Lipinski definition) is 3. The first-order valence-corrected chi connectivity index (χ1v) is 8.62. The van der Waals surface area contributed by atoms with Crippen molar-refractivity contribution in [2.24, 2.45) is 4.99 Å². The minimum absolute atomic E-state index is 0. The normalized spacial score (nSPS) is 10.9. The molecule has 0 atom stereocenters. The number of hydrogen-bond donors (Lipinski definition) is 3. The summed E-state index contributed by atoms with van der Waals surface area (Å²) in [6.45, 7) is 2.81. The zero-order chi connectivity index (χ0) is 17.7. The Balaban J connectivity index is 0.00000338. The van der Waals surface area contributed by atoms with Crippen LogP contribution in [0.5, 0.6) is 5.75 Å². The van der Waals surface area contributed by atoms with Crippen LogP contribution in [0.4, 0.5) is 0 Å². The number of halogens is 1. The van der Waals surface area contributed by atoms with E-state index in [0.717, 1.165) is 25.3 Å². The van der Waals surface area contributed by atoms with Crippen LogP contribution in [0.3, 0.4) is 0 Å². The molecule has 0 aromatic heterocycles. The molecule has 142 valence electrons. The largest absolute Gasteiger partial charge is 0.508 e. The third-order valence-electron chi connectivity index (χ3n) is 3.75. The van der Waals surface area contributed by atoms with E-state index in [0.29, 0.717) is 25.5 Å². The second kappa shape index (κ2) is 13.4. The molecule has 0 spiro atoms. The monoisotopic (exact) mass is 469 g/mol. The maximum atomic E-state index is 9.27. The van der Waals surface area contributed by atoms with Gasteiger partial charge in [0.15, 0.2) is 5.96 Å². The van der Waals surface area contributed by atoms with Crippen LogP contribution in [-0.4, -0.2) is 37.8 Å². The van der Waals surface area contributed by atoms with Gasteiger partial charge < -0.3 is 20.5 Å². The Morgan fingerprint density at radius 2 is 1.65 bits per heavy atom. The molecule has 0 saturated heterocycles. The van der Waals surface area contributed by atoms with Crippen molar-refractivity contribution in [3.05, 3.63) is 65.7 Å². The lowest BCUT2D eigenvalue weighted by Crippen LogP contribution is -2.39. The molecular weight excluding hydrogens is 441 g/mol. The quantitative estimate of drug-likeness (QED) is 0.228. The van der Waals surface area contributed by atoms with Gasteiger partial charge in [0.1, 0.15) is 5.75 Å². The van der Waals surface area contributed by atoms with E-state index in [1.165, 1.54) is 11.1 Å². The summed E-state index contributed by atoms with van der Waals surface area (Å²) in [5.74, 6) is 1.09. The van der Waals surface area contributed by atoms with Crippen molar-refractivity contribution in [2.45, 2.75) is 19.4 Å². The van der Waals surface area contributed by atoms with Crippen LogP contribution in [0.15, 0.2) is 59.6 Å². The summed E-state index contributed by atoms with van der Waals surface area (Å²) < 4.78 is 5.64. The molecule has 0 aliphatic rings. The third-order valence-corrected chi connectivity index (χ3v) is 3.75. The van der Waals surface area contributed by atoms with E-state index in [1.54, 1.807) is 19.2 Å². The fraction of sp³-hybridized carbons (Fsp3) is 0.350. The van der Waals surface area contributed by atoms with Crippen LogP contribution in [0.2, 0.25) is 0 Å². The molecule has 0 amide bonds. The molecule has 5 nitrogen and oxygen atoms in total. The first-order valence-electron chi connectivity index (χ1n) is 8.62. The van der Waals surface area contributed by atoms with Crippen molar-refractivity contribution >= 4 is 29.9 Å². The van der Waals surface area contributed by atoms with Gasteiger partial charge in [-0.1, -0.05) is 42.5 Å². The molecule has 0 unspecified atom stereocenters. The van der Waals surface area contributed by atoms with Gasteiger partial charge in [0.25, 0.3) is 0 Å². The number of guanidine groups is 1. The van der Waals surface area contributed by atoms with Gasteiger partial charge in [-0.05, 0) is 36.1 Å². The molecule has 6 heteroatoms. The van der Waals surface area contributed by atoms with Gasteiger partial charge in [0, 0.05) is 20.1 Å². The zero-order valence-corrected chi connectivity index (χ0v) is 17.5. The summed E-state index contributed by atoms with van der Waals surface area (Å²) >= 11 is 0. The van der Waals surface area contributed by atoms with Gasteiger partial charge in [-0.2, -0.15) is 0 Å². The second-order valence-corrected chi connectivity index (χ2v) is 5.73. The first kappa shape index (κ1) is 22.2. The predicted octanol–water partition coefficient (Wildman–Crippen LogP) is 3.32. The van der Waals surface area contributed by atoms with Crippen LogP contribution in [0.25, 0.3) is 0 Å². The number of benzene rings is 2. The summed E-state index contributed by atoms with van der Waals surface area (Å²) in [5.41, 5.74) is 2.40. The number of nitrogens with one attached hydrogen (secondary N) is 2. The highest BCUT2D eigenvalue weighted by Gasteiger charge is 1.98. The number of phenolic OH excluding ortho intramolecular Hbond substituents is 1. The Hall–Kier alpha value is -1.80. The summed E-state index contributed by atoms with van der Waals surface area (Å²) in [4.78, 5) is 4.21. The Morgan fingerprint density at radius 1 is 0.962 bits per heavy atom. The summed E-state index contributed by atoms with van der Waals surface area (Å²) in [7, 11) is 1.76. The molecular formula is C20H28IN3O2. The second-order valence-electron chi connectivity index (χ2n) is 5.73. The maximum Gasteiger partial charge on any atom is 0.191 e. The smallest absolute Gasteiger partial charge is 0.191 e. The predicted molar refractivity (Wildman–Crippen MR) is 117 cm³/mol. The molecule has 3 N–H and O–H groups in total. The van der Waals surface area contributed by atoms with E-state index in [2.05, 4.69) is 27.8 Å². The maximum absolute atomic E-state index is 9.27. The highest BCUT2D eigenvalue weighted by Crippen LogP contribution is 2.10. The standard InChI is InChI=1S/C20H27N3O2.HI/c1-21-20(22-13-5-8-17-9-11-19(24)12-10-17)23-14-15-25-16-18-6-3-2-4-7-18;/h2-4,6-7,9-12,24H,5,8,13-16H2,1H3,(H2,21,22,23);1H. The number of aromatic hydroxyl groups is 1. The van der Waals surface area contributed by atoms with E-state index >= 15 is 0 Å². The van der Waals surface area contributed by atoms with Gasteiger partial charge in [-0.25, -0.2) is 0 Å². The lowest BCUT2D eigenvalue weighted by atomic mass is 10.1. The lowest BCUT2D eigenvalue weighted by Gasteiger charge is -2.12. The number of ether oxygens (including phenoxy) is 1. The number of rotatable bonds is 9. The lowest BCUT2D eigenvalue weighted by molar-refractivity contribution is 0.125. The highest BCUT2D eigenvalue weighted by atomic mass is 127. The van der Waals surface area contributed by atoms with Gasteiger partial charge in [-0.15, -0.1) is 24.0 Å². The summed E-state index contributed by atoms with van der Waals surface area (Å²) in [6.07, 6.45) is 1.96. The Morgan fingerprint density at radius 3 is 2.35 bits per heavy atom. The van der Waals surface area contributed by atoms with Crippen molar-refractivity contribution in [1.82, 2.24) is 10.6 Å². The van der Waals surface area contributed by atoms with E-state index < -0.39 is 0 Å². The van der Waals surface area contributed by atoms with E-state index in [9.17, 15) is 5.11 Å². The van der Waals surface area contributed by atoms with Crippen LogP contribution in [0.1, 0.15) is 17.5 Å². The van der Waals surface area contributed by atoms with E-state index in [4.69, 9.17) is 4.74 Å². The fourth-order valence-corrected chi connectivity index (χ4v) is 2.39. The summed E-state index contributed by atoms with van der Waals surface area (Å²) in [6, 6.07) is 17.5. The molecule has 0 fully saturated rings. The minimum Gasteiger partial charge on any atom is -0.508 e. The molecule has 0 bridgehead atoms. The highest BCUT2D eigenvalue weighted by molar-refractivity contribution is 14.0. The van der Waals surface area contributed by atoms with Gasteiger partial charge >= 0.3 is 0 Å². The zero-order valence-electron chi connectivity index (χ0n) is 15.1. The number of phenols is 1. The van der Waals surface area contributed by atoms with Crippen molar-refractivity contribution < 1.29 is 9.84 Å². The van der Waals surface area contributed by atoms with Gasteiger partial charge in [0.2, 0.25) is 0 Å². The molecule has 2 rings (SSSR count). The summed E-state index contributed by atoms with van der Waals surface area (Å²) in [5, 5.41) is 15.8. The number of aryl methyl sites for hydroxylation is 1. The van der Waals surface area contributed by atoms with Gasteiger partial charge in [0.05, 0.1) is 13.2 Å². The van der Waals surface area contributed by atoms with Crippen molar-refractivity contribution in [3.8, 4) is 5.75 Å². The van der Waals surface area contributed by atoms with Crippen LogP contribution < -0.4 is 10.6 Å². The van der Waals surface area contributed by atoms with Crippen molar-refractivity contribution in [1.29, 1.82) is 0 Å². The molecule has 2 aromatic carbocycles. The molecule has 2 aromatic rings. The average molecular weight is 469 g/mol. The van der Waals surface area contributed by atoms with Crippen LogP contribution in [0, 0.1) is 0 Å². The van der Waals surface area contributed by atoms with Crippen LogP contribution >= 0.6 is 24.0 Å². The molecule has 0 heterocycles. The fourth-order valence-electron chi connectivity index (χ4n) is 2.39. The topological polar surface area (TPSA) is 65.9 Å². The minimum atomic E-state index is 0.